The Labute approximate surface area is 373 Å². The molecule has 0 aliphatic heterocycles. The molecule has 0 aliphatic carbocycles. The molecule has 0 bridgehead atoms. The Hall–Kier alpha value is -5.74. The van der Waals surface area contributed by atoms with Gasteiger partial charge in [0.2, 0.25) is 5.95 Å². The molecule has 0 saturated carbocycles. The third-order valence-corrected chi connectivity index (χ3v) is 9.87. The third-order valence-electron chi connectivity index (χ3n) is 9.87. The molecule has 0 unspecified atom stereocenters. The van der Waals surface area contributed by atoms with Gasteiger partial charge < -0.3 is 24.0 Å². The molecule has 0 spiro atoms. The van der Waals surface area contributed by atoms with E-state index < -0.39 is 0 Å². The van der Waals surface area contributed by atoms with Gasteiger partial charge >= 0.3 is 42.1 Å². The number of ether oxygens (including phenoxy) is 2. The molecule has 7 nitrogen and oxygen atoms in total. The topological polar surface area (TPSA) is 75.0 Å². The molecule has 9 aromatic rings. The van der Waals surface area contributed by atoms with E-state index in [1.807, 2.05) is 114 Å². The second-order valence-corrected chi connectivity index (χ2v) is 14.5. The molecule has 0 radical (unpaired) electrons. The number of benzene rings is 5. The van der Waals surface area contributed by atoms with Crippen LogP contribution < -0.4 is 9.47 Å². The monoisotopic (exact) mass is 1130 g/mol. The fraction of sp³-hybridized carbons (Fsp3) is 0.120. The summed E-state index contributed by atoms with van der Waals surface area (Å²) in [4.78, 5) is 18.9. The summed E-state index contributed by atoms with van der Waals surface area (Å²) < 4.78 is 14.7. The quantitative estimate of drug-likeness (QED) is 0.127. The Balaban J connectivity index is 0.00000264. The van der Waals surface area contributed by atoms with Crippen LogP contribution in [-0.4, -0.2) is 24.5 Å². The Bertz CT molecular complexity index is 2690. The van der Waals surface area contributed by atoms with Crippen molar-refractivity contribution in [3.8, 4) is 62.6 Å². The number of hydrogen-bond donors (Lipinski definition) is 0. The van der Waals surface area contributed by atoms with E-state index in [-0.39, 0.29) is 42.1 Å². The summed E-state index contributed by atoms with van der Waals surface area (Å²) in [7, 11) is 0. The largest absolute Gasteiger partial charge is 2.00 e. The van der Waals surface area contributed by atoms with Crippen LogP contribution in [0.15, 0.2) is 140 Å². The number of pyridine rings is 2. The van der Waals surface area contributed by atoms with Crippen LogP contribution in [0, 0.1) is 24.3 Å². The van der Waals surface area contributed by atoms with E-state index in [0.717, 1.165) is 55.4 Å². The van der Waals surface area contributed by atoms with E-state index in [2.05, 4.69) is 80.1 Å². The van der Waals surface area contributed by atoms with Gasteiger partial charge in [-0.15, -0.1) is 71.8 Å². The molecule has 4 aromatic heterocycles. The molecule has 0 amide bonds. The average molecular weight is 1130 g/mol. The first-order valence-electron chi connectivity index (χ1n) is 19.0. The first-order chi connectivity index (χ1) is 27.9. The van der Waals surface area contributed by atoms with Crippen LogP contribution in [-0.2, 0) is 42.1 Å². The molecule has 0 N–H and O–H groups in total. The second kappa shape index (κ2) is 18.0. The number of hydrogen-bond acceptors (Lipinski definition) is 6. The summed E-state index contributed by atoms with van der Waals surface area (Å²) in [5.74, 6) is 3.38. The van der Waals surface area contributed by atoms with E-state index >= 15 is 0 Å². The molecule has 294 valence electrons. The predicted octanol–water partition coefficient (Wildman–Crippen LogP) is 12.4. The fourth-order valence-corrected chi connectivity index (χ4v) is 6.84. The van der Waals surface area contributed by atoms with E-state index in [0.29, 0.717) is 40.8 Å². The van der Waals surface area contributed by atoms with Gasteiger partial charge in [0.15, 0.2) is 0 Å². The molecular formula is C50H37N5O2Pt2. The summed E-state index contributed by atoms with van der Waals surface area (Å²) >= 11 is 0. The van der Waals surface area contributed by atoms with Gasteiger partial charge in [0.05, 0.1) is 0 Å². The summed E-state index contributed by atoms with van der Waals surface area (Å²) in [6.45, 7) is 8.88. The molecule has 0 fully saturated rings. The molecule has 0 aliphatic rings. The van der Waals surface area contributed by atoms with Crippen LogP contribution in [0.25, 0.3) is 61.4 Å². The van der Waals surface area contributed by atoms with Crippen LogP contribution in [0.5, 0.6) is 23.0 Å². The van der Waals surface area contributed by atoms with E-state index in [1.165, 1.54) is 11.1 Å². The maximum atomic E-state index is 6.39. The fourth-order valence-electron chi connectivity index (χ4n) is 6.84. The number of nitrogens with zero attached hydrogens (tertiary/aromatic N) is 5. The zero-order valence-electron chi connectivity index (χ0n) is 32.6. The van der Waals surface area contributed by atoms with Crippen LogP contribution in [0.1, 0.15) is 50.7 Å². The van der Waals surface area contributed by atoms with Crippen molar-refractivity contribution in [3.63, 3.8) is 0 Å². The van der Waals surface area contributed by atoms with Crippen molar-refractivity contribution < 1.29 is 51.6 Å². The maximum Gasteiger partial charge on any atom is 2.00 e. The zero-order valence-corrected chi connectivity index (χ0v) is 37.2. The van der Waals surface area contributed by atoms with Crippen molar-refractivity contribution in [2.24, 2.45) is 0 Å². The molecule has 59 heavy (non-hydrogen) atoms. The van der Waals surface area contributed by atoms with Gasteiger partial charge in [-0.05, 0) is 52.0 Å². The number of fused-ring (bicyclic) bond motifs is 3. The first-order valence-corrected chi connectivity index (χ1v) is 19.0. The van der Waals surface area contributed by atoms with Crippen LogP contribution in [0.4, 0.5) is 0 Å². The van der Waals surface area contributed by atoms with Crippen LogP contribution >= 0.6 is 0 Å². The Morgan fingerprint density at radius 3 is 1.39 bits per heavy atom. The van der Waals surface area contributed by atoms with Crippen molar-refractivity contribution in [3.05, 3.63) is 175 Å². The average Bonchev–Trinajstić information content (AvgIpc) is 3.57. The van der Waals surface area contributed by atoms with Crippen LogP contribution in [0.3, 0.4) is 0 Å². The third kappa shape index (κ3) is 8.83. The minimum Gasteiger partial charge on any atom is -0.503 e. The van der Waals surface area contributed by atoms with Crippen molar-refractivity contribution in [1.29, 1.82) is 0 Å². The van der Waals surface area contributed by atoms with Gasteiger partial charge in [-0.25, -0.2) is 9.97 Å². The Morgan fingerprint density at radius 2 is 0.949 bits per heavy atom. The molecule has 5 aromatic carbocycles. The summed E-state index contributed by atoms with van der Waals surface area (Å²) in [5.41, 5.74) is 9.38. The standard InChI is InChI=1S/C50H37N5O2.2Pt/c1-32(2)36-23-37(33(3)4)25-38(24-36)39-30-53-50(54-31-39)55-48-28-42(56-40-13-9-11-34(26-40)46-15-5-7-21-51-46)17-19-44(48)45-20-18-43(29-49(45)55)57-41-14-10-12-35(27-41)47-16-6-8-22-52-47;;/h5-25,30-33H,1-4H3;;/q-4;2*+2. The van der Waals surface area contributed by atoms with Gasteiger partial charge in [-0.2, -0.15) is 22.9 Å². The molecule has 9 heteroatoms. The van der Waals surface area contributed by atoms with E-state index in [9.17, 15) is 0 Å². The first kappa shape index (κ1) is 41.4. The summed E-state index contributed by atoms with van der Waals surface area (Å²) in [6.07, 6.45) is 7.31. The normalized spacial score (nSPS) is 11.1. The number of rotatable bonds is 10. The zero-order chi connectivity index (χ0) is 38.9. The van der Waals surface area contributed by atoms with Crippen molar-refractivity contribution in [2.45, 2.75) is 39.5 Å². The molecule has 0 saturated heterocycles. The van der Waals surface area contributed by atoms with Crippen molar-refractivity contribution in [2.75, 3.05) is 0 Å². The predicted molar refractivity (Wildman–Crippen MR) is 225 cm³/mol. The molecular weight excluding hydrogens is 1090 g/mol. The van der Waals surface area contributed by atoms with Crippen LogP contribution in [0.2, 0.25) is 0 Å². The van der Waals surface area contributed by atoms with Gasteiger partial charge in [-0.1, -0.05) is 93.3 Å². The Morgan fingerprint density at radius 1 is 0.475 bits per heavy atom. The number of aromatic nitrogens is 5. The summed E-state index contributed by atoms with van der Waals surface area (Å²) in [6, 6.07) is 51.5. The second-order valence-electron chi connectivity index (χ2n) is 14.5. The summed E-state index contributed by atoms with van der Waals surface area (Å²) in [5, 5.41) is 1.88. The molecule has 4 heterocycles. The van der Waals surface area contributed by atoms with Crippen molar-refractivity contribution in [1.82, 2.24) is 24.5 Å². The minimum atomic E-state index is 0. The SMILES string of the molecule is CC(C)c1cc(-c2cnc(-n3c4[c-]c(Oc5[c-]c(-c6ccccn6)ccc5)ccc4c4ccc(Oc5[c-]c(-c6ccccn6)ccc5)[c-]c43)nc2)cc(C(C)C)c1.[Pt+2].[Pt+2]. The minimum absolute atomic E-state index is 0. The van der Waals surface area contributed by atoms with E-state index in [1.54, 1.807) is 12.4 Å². The van der Waals surface area contributed by atoms with Gasteiger partial charge in [0.25, 0.3) is 0 Å². The van der Waals surface area contributed by atoms with Gasteiger partial charge in [0.1, 0.15) is 0 Å². The van der Waals surface area contributed by atoms with Crippen molar-refractivity contribution >= 4 is 21.8 Å². The Kier molecular flexibility index (Phi) is 12.7. The smallest absolute Gasteiger partial charge is 0.503 e. The van der Waals surface area contributed by atoms with Gasteiger partial charge in [-0.3, -0.25) is 0 Å². The molecule has 0 atom stereocenters. The van der Waals surface area contributed by atoms with E-state index in [4.69, 9.17) is 19.4 Å². The maximum absolute atomic E-state index is 6.39. The van der Waals surface area contributed by atoms with Gasteiger partial charge in [0, 0.05) is 53.3 Å². The molecule has 9 rings (SSSR count).